The lowest BCUT2D eigenvalue weighted by molar-refractivity contribution is -0.141. The van der Waals surface area contributed by atoms with E-state index in [1.807, 2.05) is 24.3 Å². The number of ether oxygens (including phenoxy) is 1. The maximum Gasteiger partial charge on any atom is 0.331 e. The molecule has 0 saturated carbocycles. The van der Waals surface area contributed by atoms with E-state index >= 15 is 0 Å². The molecule has 2 rings (SSSR count). The highest BCUT2D eigenvalue weighted by atomic mass is 16.5. The minimum absolute atomic E-state index is 0.0838. The summed E-state index contributed by atoms with van der Waals surface area (Å²) < 4.78 is 4.78. The molecule has 7 heteroatoms. The lowest BCUT2D eigenvalue weighted by Gasteiger charge is -2.02. The van der Waals surface area contributed by atoms with Crippen molar-refractivity contribution >= 4 is 28.9 Å². The van der Waals surface area contributed by atoms with Crippen LogP contribution in [0.15, 0.2) is 47.8 Å². The number of hydrogen-bond acceptors (Lipinski definition) is 7. The van der Waals surface area contributed by atoms with E-state index in [1.165, 1.54) is 19.2 Å². The van der Waals surface area contributed by atoms with Crippen LogP contribution >= 0.6 is 0 Å². The Bertz CT molecular complexity index is 890. The molecule has 7 nitrogen and oxygen atoms in total. The van der Waals surface area contributed by atoms with Crippen molar-refractivity contribution in [1.82, 2.24) is 9.97 Å². The Morgan fingerprint density at radius 1 is 1.33 bits per heavy atom. The molecule has 0 saturated heterocycles. The topological polar surface area (TPSA) is 119 Å². The van der Waals surface area contributed by atoms with E-state index in [1.54, 1.807) is 6.07 Å². The van der Waals surface area contributed by atoms with Gasteiger partial charge < -0.3 is 10.5 Å². The minimum atomic E-state index is -0.731. The second kappa shape index (κ2) is 7.65. The summed E-state index contributed by atoms with van der Waals surface area (Å²) in [5.41, 5.74) is 7.19. The number of ketones is 1. The summed E-state index contributed by atoms with van der Waals surface area (Å²) in [5.74, 6) is -1.38. The van der Waals surface area contributed by atoms with Crippen LogP contribution in [0, 0.1) is 11.3 Å². The normalized spacial score (nSPS) is 11.8. The Labute approximate surface area is 138 Å². The number of nitrogens with zero attached hydrogens (tertiary/aromatic N) is 3. The van der Waals surface area contributed by atoms with Crippen molar-refractivity contribution in [3.63, 3.8) is 0 Å². The fraction of sp³-hybridized carbons (Fsp3) is 0.118. The third-order valence-corrected chi connectivity index (χ3v) is 2.99. The van der Waals surface area contributed by atoms with E-state index < -0.39 is 18.4 Å². The van der Waals surface area contributed by atoms with Gasteiger partial charge in [0.05, 0.1) is 22.9 Å². The number of hydrogen-bond donors (Lipinski definition) is 1. The molecule has 0 aliphatic carbocycles. The molecule has 0 spiro atoms. The van der Waals surface area contributed by atoms with Crippen LogP contribution in [0.2, 0.25) is 0 Å². The minimum Gasteiger partial charge on any atom is -0.454 e. The predicted octanol–water partition coefficient (Wildman–Crippen LogP) is 1.51. The van der Waals surface area contributed by atoms with Gasteiger partial charge in [-0.05, 0) is 25.1 Å². The zero-order valence-corrected chi connectivity index (χ0v) is 12.9. The number of carbonyl (C=O) groups excluding carboxylic acids is 2. The summed E-state index contributed by atoms with van der Waals surface area (Å²) in [4.78, 5) is 31.8. The van der Waals surface area contributed by atoms with Gasteiger partial charge in [0.25, 0.3) is 0 Å². The van der Waals surface area contributed by atoms with Gasteiger partial charge >= 0.3 is 5.97 Å². The first-order chi connectivity index (χ1) is 11.5. The molecule has 0 aliphatic heterocycles. The van der Waals surface area contributed by atoms with E-state index in [4.69, 9.17) is 15.7 Å². The highest BCUT2D eigenvalue weighted by Crippen LogP contribution is 2.09. The van der Waals surface area contributed by atoms with Gasteiger partial charge in [-0.3, -0.25) is 9.78 Å². The van der Waals surface area contributed by atoms with Gasteiger partial charge in [0, 0.05) is 11.8 Å². The summed E-state index contributed by atoms with van der Waals surface area (Å²) >= 11 is 0. The molecule has 0 bridgehead atoms. The molecule has 0 amide bonds. The molecule has 1 aromatic heterocycles. The number of fused-ring (bicyclic) bond motifs is 1. The molecule has 1 aromatic carbocycles. The first-order valence-electron chi connectivity index (χ1n) is 6.97. The van der Waals surface area contributed by atoms with E-state index in [2.05, 4.69) is 9.97 Å². The Morgan fingerprint density at radius 3 is 2.71 bits per heavy atom. The van der Waals surface area contributed by atoms with Crippen molar-refractivity contribution in [1.29, 1.82) is 5.26 Å². The number of carbonyl (C=O) groups is 2. The first-order valence-corrected chi connectivity index (χ1v) is 6.97. The molecule has 24 heavy (non-hydrogen) atoms. The van der Waals surface area contributed by atoms with E-state index in [9.17, 15) is 9.59 Å². The Kier molecular flexibility index (Phi) is 5.36. The number of Topliss-reactive ketones (excluding diaryl/α,β-unsaturated/α-hetero) is 1. The Balaban J connectivity index is 1.98. The molecule has 2 aromatic rings. The number of nitrogens with two attached hydrogens (primary N) is 1. The fourth-order valence-electron chi connectivity index (χ4n) is 1.83. The summed E-state index contributed by atoms with van der Waals surface area (Å²) in [6, 6.07) is 9.01. The van der Waals surface area contributed by atoms with Crippen LogP contribution in [0.25, 0.3) is 17.1 Å². The van der Waals surface area contributed by atoms with Gasteiger partial charge in [0.1, 0.15) is 11.6 Å². The van der Waals surface area contributed by atoms with E-state index in [0.29, 0.717) is 11.2 Å². The van der Waals surface area contributed by atoms with Crippen LogP contribution in [0.3, 0.4) is 0 Å². The first kappa shape index (κ1) is 16.8. The van der Waals surface area contributed by atoms with Crippen molar-refractivity contribution < 1.29 is 14.3 Å². The van der Waals surface area contributed by atoms with Crippen molar-refractivity contribution in [2.24, 2.45) is 5.73 Å². The standard InChI is InChI=1S/C17H14N4O3/c1-11(19)13(8-18)16(22)10-24-17(23)7-6-12-9-20-14-4-2-3-5-15(14)21-12/h2-7,9H,10,19H2,1H3/b7-6+,13-11+. The number of rotatable bonds is 5. The van der Waals surface area contributed by atoms with Crippen molar-refractivity contribution in [3.8, 4) is 6.07 Å². The molecule has 2 N–H and O–H groups in total. The lowest BCUT2D eigenvalue weighted by Crippen LogP contribution is -2.16. The monoisotopic (exact) mass is 322 g/mol. The SMILES string of the molecule is C/C(N)=C(/C#N)C(=O)COC(=O)/C=C/c1cnc2ccccc2n1. The number of aromatic nitrogens is 2. The van der Waals surface area contributed by atoms with Gasteiger partial charge in [-0.25, -0.2) is 9.78 Å². The van der Waals surface area contributed by atoms with Crippen molar-refractivity contribution in [2.75, 3.05) is 6.61 Å². The lowest BCUT2D eigenvalue weighted by atomic mass is 10.1. The summed E-state index contributed by atoms with van der Waals surface area (Å²) in [5, 5.41) is 8.79. The van der Waals surface area contributed by atoms with Crippen LogP contribution in [0.4, 0.5) is 0 Å². The van der Waals surface area contributed by atoms with Gasteiger partial charge in [-0.1, -0.05) is 12.1 Å². The number of nitriles is 1. The van der Waals surface area contributed by atoms with E-state index in [0.717, 1.165) is 11.6 Å². The largest absolute Gasteiger partial charge is 0.454 e. The van der Waals surface area contributed by atoms with Crippen molar-refractivity contribution in [2.45, 2.75) is 6.92 Å². The van der Waals surface area contributed by atoms with Crippen LogP contribution in [0.5, 0.6) is 0 Å². The zero-order valence-electron chi connectivity index (χ0n) is 12.9. The molecule has 1 heterocycles. The molecular formula is C17H14N4O3. The van der Waals surface area contributed by atoms with Crippen LogP contribution < -0.4 is 5.73 Å². The van der Waals surface area contributed by atoms with Gasteiger partial charge in [-0.2, -0.15) is 5.26 Å². The number of benzene rings is 1. The average Bonchev–Trinajstić information content (AvgIpc) is 2.58. The second-order valence-electron chi connectivity index (χ2n) is 4.82. The quantitative estimate of drug-likeness (QED) is 0.503. The zero-order chi connectivity index (χ0) is 17.5. The highest BCUT2D eigenvalue weighted by molar-refractivity contribution is 6.01. The Hall–Kier alpha value is -3.53. The number of para-hydroxylation sites is 2. The second-order valence-corrected chi connectivity index (χ2v) is 4.82. The molecular weight excluding hydrogens is 308 g/mol. The third kappa shape index (κ3) is 4.24. The van der Waals surface area contributed by atoms with Gasteiger partial charge in [0.15, 0.2) is 6.61 Å². The smallest absolute Gasteiger partial charge is 0.331 e. The number of esters is 1. The molecule has 0 fully saturated rings. The van der Waals surface area contributed by atoms with E-state index in [-0.39, 0.29) is 11.3 Å². The molecule has 0 atom stereocenters. The molecule has 0 aliphatic rings. The number of allylic oxidation sites excluding steroid dienone is 1. The highest BCUT2D eigenvalue weighted by Gasteiger charge is 2.13. The maximum absolute atomic E-state index is 11.7. The van der Waals surface area contributed by atoms with Crippen LogP contribution in [-0.4, -0.2) is 28.3 Å². The molecule has 0 unspecified atom stereocenters. The summed E-state index contributed by atoms with van der Waals surface area (Å²) in [7, 11) is 0. The fourth-order valence-corrected chi connectivity index (χ4v) is 1.83. The third-order valence-electron chi connectivity index (χ3n) is 2.99. The summed E-state index contributed by atoms with van der Waals surface area (Å²) in [6.07, 6.45) is 4.09. The maximum atomic E-state index is 11.7. The Morgan fingerprint density at radius 2 is 2.04 bits per heavy atom. The van der Waals surface area contributed by atoms with Crippen LogP contribution in [-0.2, 0) is 14.3 Å². The predicted molar refractivity (Wildman–Crippen MR) is 87.0 cm³/mol. The summed E-state index contributed by atoms with van der Waals surface area (Å²) in [6.45, 7) is 0.876. The molecule has 0 radical (unpaired) electrons. The van der Waals surface area contributed by atoms with Gasteiger partial charge in [0.2, 0.25) is 5.78 Å². The molecule has 120 valence electrons. The average molecular weight is 322 g/mol. The van der Waals surface area contributed by atoms with Gasteiger partial charge in [-0.15, -0.1) is 0 Å². The van der Waals surface area contributed by atoms with Crippen LogP contribution in [0.1, 0.15) is 12.6 Å². The van der Waals surface area contributed by atoms with Crippen molar-refractivity contribution in [3.05, 3.63) is 53.5 Å².